The molecule has 0 saturated heterocycles. The number of rotatable bonds is 7. The fourth-order valence-electron chi connectivity index (χ4n) is 7.30. The van der Waals surface area contributed by atoms with Crippen LogP contribution in [0.25, 0.3) is 90.9 Å². The molecule has 0 spiro atoms. The van der Waals surface area contributed by atoms with Gasteiger partial charge in [0.05, 0.1) is 44.1 Å². The maximum atomic E-state index is 5.53. The molecule has 4 aromatic carbocycles. The molecule has 0 fully saturated rings. The van der Waals surface area contributed by atoms with E-state index in [1.807, 2.05) is 42.5 Å². The highest BCUT2D eigenvalue weighted by Gasteiger charge is 2.19. The lowest BCUT2D eigenvalue weighted by Crippen LogP contribution is -1.90. The predicted octanol–water partition coefficient (Wildman–Crippen LogP) is 11.3. The van der Waals surface area contributed by atoms with Crippen molar-refractivity contribution >= 4 is 46.4 Å². The molecular formula is C47H36N4O3. The molecule has 7 heteroatoms. The van der Waals surface area contributed by atoms with Crippen molar-refractivity contribution in [2.45, 2.75) is 0 Å². The second kappa shape index (κ2) is 13.8. The largest absolute Gasteiger partial charge is 0.497 e. The van der Waals surface area contributed by atoms with Gasteiger partial charge in [-0.25, -0.2) is 9.97 Å². The Hall–Kier alpha value is -7.12. The molecule has 7 nitrogen and oxygen atoms in total. The molecule has 8 bridgehead atoms. The summed E-state index contributed by atoms with van der Waals surface area (Å²) < 4.78 is 16.6. The van der Waals surface area contributed by atoms with Crippen molar-refractivity contribution in [1.82, 2.24) is 19.9 Å². The minimum atomic E-state index is 0.786. The molecule has 54 heavy (non-hydrogen) atoms. The van der Waals surface area contributed by atoms with Gasteiger partial charge in [-0.3, -0.25) is 0 Å². The monoisotopic (exact) mass is 704 g/mol. The van der Waals surface area contributed by atoms with Gasteiger partial charge in [0.25, 0.3) is 0 Å². The molecule has 0 saturated carbocycles. The number of fused-ring (bicyclic) bond motifs is 8. The lowest BCUT2D eigenvalue weighted by Gasteiger charge is -2.08. The molecule has 9 rings (SSSR count). The third-order valence-corrected chi connectivity index (χ3v) is 9.95. The number of aromatic amines is 2. The van der Waals surface area contributed by atoms with Gasteiger partial charge >= 0.3 is 0 Å². The molecule has 0 amide bonds. The first-order valence-electron chi connectivity index (χ1n) is 17.7. The summed E-state index contributed by atoms with van der Waals surface area (Å²) in [6.45, 7) is 0. The molecule has 0 unspecified atom stereocenters. The number of ether oxygens (including phenoxy) is 3. The highest BCUT2D eigenvalue weighted by Crippen LogP contribution is 2.39. The number of aromatic nitrogens is 4. The normalized spacial score (nSPS) is 11.8. The second-order valence-electron chi connectivity index (χ2n) is 13.1. The van der Waals surface area contributed by atoms with E-state index >= 15 is 0 Å². The average molecular weight is 705 g/mol. The Balaban J connectivity index is 1.44. The van der Waals surface area contributed by atoms with Gasteiger partial charge in [-0.2, -0.15) is 0 Å². The average Bonchev–Trinajstić information content (AvgIpc) is 4.07. The fourth-order valence-corrected chi connectivity index (χ4v) is 7.30. The van der Waals surface area contributed by atoms with Gasteiger partial charge in [0.1, 0.15) is 17.2 Å². The molecule has 0 radical (unpaired) electrons. The van der Waals surface area contributed by atoms with E-state index in [0.29, 0.717) is 0 Å². The zero-order chi connectivity index (χ0) is 36.6. The van der Waals surface area contributed by atoms with Crippen molar-refractivity contribution < 1.29 is 14.2 Å². The first-order valence-corrected chi connectivity index (χ1v) is 17.7. The van der Waals surface area contributed by atoms with Gasteiger partial charge in [0.15, 0.2) is 0 Å². The quantitative estimate of drug-likeness (QED) is 0.172. The zero-order valence-corrected chi connectivity index (χ0v) is 30.1. The van der Waals surface area contributed by atoms with E-state index in [1.54, 1.807) is 21.3 Å². The van der Waals surface area contributed by atoms with Crippen LogP contribution in [-0.4, -0.2) is 41.3 Å². The number of nitrogens with zero attached hydrogens (tertiary/aromatic N) is 2. The van der Waals surface area contributed by atoms with Crippen LogP contribution in [0.4, 0.5) is 0 Å². The topological polar surface area (TPSA) is 85.1 Å². The number of H-pyrrole nitrogens is 2. The number of hydrogen-bond donors (Lipinski definition) is 2. The summed E-state index contributed by atoms with van der Waals surface area (Å²) in [4.78, 5) is 18.3. The highest BCUT2D eigenvalue weighted by molar-refractivity contribution is 5.99. The summed E-state index contributed by atoms with van der Waals surface area (Å²) in [5, 5.41) is 0. The number of benzene rings is 4. The van der Waals surface area contributed by atoms with E-state index in [1.165, 1.54) is 0 Å². The van der Waals surface area contributed by atoms with Crippen molar-refractivity contribution in [3.05, 3.63) is 150 Å². The molecule has 7 aromatic rings. The van der Waals surface area contributed by atoms with Crippen LogP contribution in [0.5, 0.6) is 17.2 Å². The number of methoxy groups -OCH3 is 3. The van der Waals surface area contributed by atoms with Crippen LogP contribution in [0, 0.1) is 0 Å². The smallest absolute Gasteiger partial charge is 0.118 e. The summed E-state index contributed by atoms with van der Waals surface area (Å²) in [6, 6.07) is 43.3. The van der Waals surface area contributed by atoms with Crippen LogP contribution in [0.3, 0.4) is 0 Å². The lowest BCUT2D eigenvalue weighted by atomic mass is 10.0. The Morgan fingerprint density at radius 1 is 0.333 bits per heavy atom. The van der Waals surface area contributed by atoms with Crippen LogP contribution in [0.15, 0.2) is 127 Å². The molecule has 0 atom stereocenters. The summed E-state index contributed by atoms with van der Waals surface area (Å²) in [5.41, 5.74) is 15.1. The maximum Gasteiger partial charge on any atom is 0.118 e. The molecular weight excluding hydrogens is 669 g/mol. The SMILES string of the molecule is COc1ccc(-c2c3nc(c(-c4ccc(OC)cc4)c4ccc([nH]4)c(-c4ccc(OC)cc4)c4nc(c(-c5ccccc5)c5ccc2[nH]5)C=C4)C=C3)cc1. The number of hydrogen-bond acceptors (Lipinski definition) is 5. The van der Waals surface area contributed by atoms with Gasteiger partial charge in [-0.15, -0.1) is 0 Å². The Labute approximate surface area is 312 Å². The molecule has 0 aliphatic carbocycles. The zero-order valence-electron chi connectivity index (χ0n) is 30.1. The van der Waals surface area contributed by atoms with Crippen molar-refractivity contribution in [1.29, 1.82) is 0 Å². The van der Waals surface area contributed by atoms with Crippen LogP contribution in [0.2, 0.25) is 0 Å². The minimum Gasteiger partial charge on any atom is -0.497 e. The van der Waals surface area contributed by atoms with E-state index < -0.39 is 0 Å². The van der Waals surface area contributed by atoms with Gasteiger partial charge in [-0.1, -0.05) is 66.7 Å². The van der Waals surface area contributed by atoms with E-state index in [-0.39, 0.29) is 0 Å². The summed E-state index contributed by atoms with van der Waals surface area (Å²) in [5.74, 6) is 2.36. The van der Waals surface area contributed by atoms with Crippen molar-refractivity contribution in [3.63, 3.8) is 0 Å². The van der Waals surface area contributed by atoms with Crippen LogP contribution in [-0.2, 0) is 0 Å². The first-order chi connectivity index (χ1) is 26.6. The molecule has 3 aromatic heterocycles. The van der Waals surface area contributed by atoms with E-state index in [9.17, 15) is 0 Å². The Kier molecular flexibility index (Phi) is 8.36. The third kappa shape index (κ3) is 5.91. The maximum absolute atomic E-state index is 5.53. The molecule has 5 heterocycles. The lowest BCUT2D eigenvalue weighted by molar-refractivity contribution is 0.415. The second-order valence-corrected chi connectivity index (χ2v) is 13.1. The summed E-state index contributed by atoms with van der Waals surface area (Å²) in [7, 11) is 5.04. The Morgan fingerprint density at radius 3 is 0.889 bits per heavy atom. The summed E-state index contributed by atoms with van der Waals surface area (Å²) in [6.07, 6.45) is 8.41. The van der Waals surface area contributed by atoms with Crippen molar-refractivity contribution in [2.24, 2.45) is 0 Å². The molecule has 2 N–H and O–H groups in total. The molecule has 2 aliphatic rings. The minimum absolute atomic E-state index is 0.786. The number of nitrogens with one attached hydrogen (secondary N) is 2. The Morgan fingerprint density at radius 2 is 0.611 bits per heavy atom. The molecule has 262 valence electrons. The third-order valence-electron chi connectivity index (χ3n) is 9.95. The van der Waals surface area contributed by atoms with Gasteiger partial charge in [-0.05, 0) is 107 Å². The van der Waals surface area contributed by atoms with Crippen molar-refractivity contribution in [3.8, 4) is 61.8 Å². The van der Waals surface area contributed by atoms with E-state index in [4.69, 9.17) is 24.2 Å². The van der Waals surface area contributed by atoms with Gasteiger partial charge < -0.3 is 24.2 Å². The van der Waals surface area contributed by atoms with Crippen LogP contribution >= 0.6 is 0 Å². The Bertz CT molecular complexity index is 2700. The fraction of sp³-hybridized carbons (Fsp3) is 0.0638. The van der Waals surface area contributed by atoms with Crippen LogP contribution in [0.1, 0.15) is 22.8 Å². The van der Waals surface area contributed by atoms with E-state index in [0.717, 1.165) is 107 Å². The van der Waals surface area contributed by atoms with E-state index in [2.05, 4.69) is 119 Å². The van der Waals surface area contributed by atoms with Crippen molar-refractivity contribution in [2.75, 3.05) is 21.3 Å². The summed E-state index contributed by atoms with van der Waals surface area (Å²) >= 11 is 0. The standard InChI is InChI=1S/C47H36N4O3/c1-52-33-15-9-30(10-16-33)45-38-23-21-36(48-38)44(29-7-5-4-6-8-29)37-22-24-39(49-37)46(31-11-17-34(53-2)18-12-31)41-26-28-43(51-41)47(42-27-25-40(45)50-42)32-13-19-35(54-3)20-14-32/h4-28,48,51H,1-3H3. The predicted molar refractivity (Wildman–Crippen MR) is 220 cm³/mol. The first kappa shape index (κ1) is 32.8. The van der Waals surface area contributed by atoms with Gasteiger partial charge in [0.2, 0.25) is 0 Å². The molecule has 2 aliphatic heterocycles. The highest BCUT2D eigenvalue weighted by atomic mass is 16.5. The van der Waals surface area contributed by atoms with Gasteiger partial charge in [0, 0.05) is 44.3 Å². The van der Waals surface area contributed by atoms with Crippen LogP contribution < -0.4 is 14.2 Å².